The molecule has 0 aromatic heterocycles. The van der Waals surface area contributed by atoms with Crippen molar-refractivity contribution < 1.29 is 9.90 Å². The molecule has 1 N–H and O–H groups in total. The first kappa shape index (κ1) is 14.3. The average Bonchev–Trinajstić information content (AvgIpc) is 2.65. The van der Waals surface area contributed by atoms with Crippen molar-refractivity contribution in [1.82, 2.24) is 4.90 Å². The maximum Gasteiger partial charge on any atom is 0.303 e. The predicted molar refractivity (Wildman–Crippen MR) is 86.8 cm³/mol. The van der Waals surface area contributed by atoms with Crippen LogP contribution in [-0.4, -0.2) is 35.1 Å². The number of piperidine rings is 1. The number of carbonyl (C=O) groups is 1. The van der Waals surface area contributed by atoms with E-state index in [1.807, 2.05) is 0 Å². The Morgan fingerprint density at radius 3 is 2.70 bits per heavy atom. The number of fused-ring (bicyclic) bond motifs is 2. The van der Waals surface area contributed by atoms with E-state index in [9.17, 15) is 9.90 Å². The molecule has 108 valence electrons. The van der Waals surface area contributed by atoms with Crippen LogP contribution in [0.4, 0.5) is 0 Å². The van der Waals surface area contributed by atoms with Crippen LogP contribution in [0.15, 0.2) is 24.3 Å². The number of hydrogen-bond acceptors (Lipinski definition) is 2. The van der Waals surface area contributed by atoms with Gasteiger partial charge in [0.25, 0.3) is 0 Å². The van der Waals surface area contributed by atoms with E-state index in [-0.39, 0.29) is 5.92 Å². The maximum absolute atomic E-state index is 11.3. The topological polar surface area (TPSA) is 40.5 Å². The Hall–Kier alpha value is -0.620. The Morgan fingerprint density at radius 2 is 2.05 bits per heavy atom. The highest BCUT2D eigenvalue weighted by Crippen LogP contribution is 2.47. The van der Waals surface area contributed by atoms with Crippen molar-refractivity contribution in [2.75, 3.05) is 7.05 Å². The summed E-state index contributed by atoms with van der Waals surface area (Å²) in [7, 11) is 2.17. The number of carboxylic acid groups (broad SMARTS) is 1. The molecule has 0 aliphatic carbocycles. The summed E-state index contributed by atoms with van der Waals surface area (Å²) in [4.78, 5) is 13.7. The van der Waals surface area contributed by atoms with E-state index in [4.69, 9.17) is 0 Å². The summed E-state index contributed by atoms with van der Waals surface area (Å²) >= 11 is 2.31. The molecule has 4 heteroatoms. The van der Waals surface area contributed by atoms with Crippen molar-refractivity contribution in [3.8, 4) is 0 Å². The highest BCUT2D eigenvalue weighted by Gasteiger charge is 2.46. The molecular weight excluding hydrogens is 365 g/mol. The van der Waals surface area contributed by atoms with Gasteiger partial charge in [0, 0.05) is 15.7 Å². The molecule has 4 unspecified atom stereocenters. The second kappa shape index (κ2) is 5.64. The van der Waals surface area contributed by atoms with Gasteiger partial charge in [0.2, 0.25) is 0 Å². The first-order chi connectivity index (χ1) is 9.56. The lowest BCUT2D eigenvalue weighted by Crippen LogP contribution is -2.46. The zero-order valence-electron chi connectivity index (χ0n) is 11.6. The van der Waals surface area contributed by atoms with Crippen molar-refractivity contribution in [2.24, 2.45) is 5.92 Å². The number of nitrogens with zero attached hydrogens (tertiary/aromatic N) is 1. The van der Waals surface area contributed by atoms with E-state index in [0.29, 0.717) is 24.4 Å². The normalized spacial score (nSPS) is 33.3. The van der Waals surface area contributed by atoms with Crippen LogP contribution in [0.25, 0.3) is 0 Å². The van der Waals surface area contributed by atoms with Gasteiger partial charge in [0.1, 0.15) is 0 Å². The monoisotopic (exact) mass is 385 g/mol. The number of carboxylic acids is 1. The molecule has 1 aromatic rings. The summed E-state index contributed by atoms with van der Waals surface area (Å²) in [6.45, 7) is 0. The number of benzene rings is 1. The van der Waals surface area contributed by atoms with Gasteiger partial charge in [-0.25, -0.2) is 0 Å². The fraction of sp³-hybridized carbons (Fsp3) is 0.562. The SMILES string of the molecule is CN1C2CCC1C(CC(=O)O)C(c1ccc(I)cc1)C2. The standard InChI is InChI=1S/C16H20INO2/c1-18-12-6-7-15(18)14(9-16(19)20)13(8-12)10-2-4-11(17)5-3-10/h2-5,12-15H,6-9H2,1H3,(H,19,20). The second-order valence-electron chi connectivity index (χ2n) is 6.12. The molecule has 2 fully saturated rings. The third-order valence-electron chi connectivity index (χ3n) is 5.14. The van der Waals surface area contributed by atoms with E-state index in [2.05, 4.69) is 58.8 Å². The number of aliphatic carboxylic acids is 1. The lowest BCUT2D eigenvalue weighted by molar-refractivity contribution is -0.139. The highest BCUT2D eigenvalue weighted by atomic mass is 127. The van der Waals surface area contributed by atoms with Crippen molar-refractivity contribution >= 4 is 28.6 Å². The van der Waals surface area contributed by atoms with E-state index in [1.165, 1.54) is 15.6 Å². The van der Waals surface area contributed by atoms with Gasteiger partial charge < -0.3 is 10.0 Å². The van der Waals surface area contributed by atoms with Crippen LogP contribution in [0.2, 0.25) is 0 Å². The van der Waals surface area contributed by atoms with Crippen molar-refractivity contribution in [3.05, 3.63) is 33.4 Å². The lowest BCUT2D eigenvalue weighted by atomic mass is 9.74. The first-order valence-corrected chi connectivity index (χ1v) is 8.33. The van der Waals surface area contributed by atoms with Gasteiger partial charge in [-0.1, -0.05) is 12.1 Å². The van der Waals surface area contributed by atoms with Crippen molar-refractivity contribution in [1.29, 1.82) is 0 Å². The summed E-state index contributed by atoms with van der Waals surface area (Å²) in [6, 6.07) is 9.71. The molecule has 2 saturated heterocycles. The molecule has 2 aliphatic heterocycles. The molecule has 20 heavy (non-hydrogen) atoms. The van der Waals surface area contributed by atoms with E-state index in [0.717, 1.165) is 12.8 Å². The van der Waals surface area contributed by atoms with Crippen molar-refractivity contribution in [2.45, 2.75) is 43.7 Å². The molecule has 2 heterocycles. The third kappa shape index (κ3) is 2.60. The zero-order valence-corrected chi connectivity index (χ0v) is 13.8. The quantitative estimate of drug-likeness (QED) is 0.812. The maximum atomic E-state index is 11.3. The third-order valence-corrected chi connectivity index (χ3v) is 5.86. The molecule has 2 bridgehead atoms. The number of rotatable bonds is 3. The summed E-state index contributed by atoms with van der Waals surface area (Å²) in [6.07, 6.45) is 3.77. The Bertz CT molecular complexity index is 502. The van der Waals surface area contributed by atoms with Crippen LogP contribution in [0.3, 0.4) is 0 Å². The van der Waals surface area contributed by atoms with Gasteiger partial charge >= 0.3 is 5.97 Å². The fourth-order valence-corrected chi connectivity index (χ4v) is 4.51. The second-order valence-corrected chi connectivity index (χ2v) is 7.37. The Labute approximate surface area is 133 Å². The van der Waals surface area contributed by atoms with Gasteiger partial charge in [-0.3, -0.25) is 4.79 Å². The Kier molecular flexibility index (Phi) is 4.04. The molecule has 0 spiro atoms. The molecular formula is C16H20INO2. The van der Waals surface area contributed by atoms with Gasteiger partial charge in [-0.2, -0.15) is 0 Å². The molecule has 3 nitrogen and oxygen atoms in total. The van der Waals surface area contributed by atoms with E-state index in [1.54, 1.807) is 0 Å². The summed E-state index contributed by atoms with van der Waals surface area (Å²) in [5.41, 5.74) is 1.32. The van der Waals surface area contributed by atoms with Crippen LogP contribution in [0.1, 0.15) is 37.2 Å². The average molecular weight is 385 g/mol. The van der Waals surface area contributed by atoms with Crippen LogP contribution < -0.4 is 0 Å². The van der Waals surface area contributed by atoms with E-state index < -0.39 is 5.97 Å². The van der Waals surface area contributed by atoms with Crippen molar-refractivity contribution in [3.63, 3.8) is 0 Å². The smallest absolute Gasteiger partial charge is 0.303 e. The lowest BCUT2D eigenvalue weighted by Gasteiger charge is -2.43. The molecule has 1 aromatic carbocycles. The van der Waals surface area contributed by atoms with Gasteiger partial charge in [0.15, 0.2) is 0 Å². The van der Waals surface area contributed by atoms with Gasteiger partial charge in [-0.15, -0.1) is 0 Å². The Morgan fingerprint density at radius 1 is 1.35 bits per heavy atom. The Balaban J connectivity index is 1.91. The minimum Gasteiger partial charge on any atom is -0.481 e. The largest absolute Gasteiger partial charge is 0.481 e. The van der Waals surface area contributed by atoms with Crippen LogP contribution in [0.5, 0.6) is 0 Å². The molecule has 4 atom stereocenters. The number of hydrogen-bond donors (Lipinski definition) is 1. The molecule has 2 aliphatic rings. The summed E-state index contributed by atoms with van der Waals surface area (Å²) < 4.78 is 1.23. The molecule has 0 amide bonds. The molecule has 0 saturated carbocycles. The zero-order chi connectivity index (χ0) is 14.3. The van der Waals surface area contributed by atoms with Crippen LogP contribution in [0, 0.1) is 9.49 Å². The number of halogens is 1. The highest BCUT2D eigenvalue weighted by molar-refractivity contribution is 14.1. The first-order valence-electron chi connectivity index (χ1n) is 7.25. The van der Waals surface area contributed by atoms with Gasteiger partial charge in [0.05, 0.1) is 6.42 Å². The van der Waals surface area contributed by atoms with Crippen LogP contribution in [-0.2, 0) is 4.79 Å². The summed E-state index contributed by atoms with van der Waals surface area (Å²) in [5.74, 6) is -0.0163. The minimum absolute atomic E-state index is 0.247. The minimum atomic E-state index is -0.663. The van der Waals surface area contributed by atoms with E-state index >= 15 is 0 Å². The molecule has 3 rings (SSSR count). The van der Waals surface area contributed by atoms with Crippen LogP contribution >= 0.6 is 22.6 Å². The predicted octanol–water partition coefficient (Wildman–Crippen LogP) is 3.33. The molecule has 0 radical (unpaired) electrons. The van der Waals surface area contributed by atoms with Gasteiger partial charge in [-0.05, 0) is 78.4 Å². The fourth-order valence-electron chi connectivity index (χ4n) is 4.15. The summed E-state index contributed by atoms with van der Waals surface area (Å²) in [5, 5.41) is 9.27.